The van der Waals surface area contributed by atoms with Crippen LogP contribution < -0.4 is 4.90 Å². The van der Waals surface area contributed by atoms with Gasteiger partial charge in [-0.3, -0.25) is 0 Å². The summed E-state index contributed by atoms with van der Waals surface area (Å²) in [6, 6.07) is 7.59. The fraction of sp³-hybridized carbons (Fsp3) is 0.267. The largest absolute Gasteiger partial charge is 0.378 e. The average molecular weight is 316 g/mol. The fourth-order valence-corrected chi connectivity index (χ4v) is 2.73. The minimum atomic E-state index is 0.439. The van der Waals surface area contributed by atoms with E-state index in [0.717, 1.165) is 49.0 Å². The lowest BCUT2D eigenvalue weighted by atomic mass is 10.2. The van der Waals surface area contributed by atoms with Crippen LogP contribution in [0.1, 0.15) is 0 Å². The number of hydrogen-bond donors (Lipinski definition) is 0. The Morgan fingerprint density at radius 2 is 1.95 bits per heavy atom. The van der Waals surface area contributed by atoms with E-state index in [-0.39, 0.29) is 0 Å². The number of aromatic nitrogens is 4. The van der Waals surface area contributed by atoms with Gasteiger partial charge < -0.3 is 9.64 Å². The molecule has 6 nitrogen and oxygen atoms in total. The minimum absolute atomic E-state index is 0.439. The third-order valence-corrected chi connectivity index (χ3v) is 3.91. The summed E-state index contributed by atoms with van der Waals surface area (Å²) in [5, 5.41) is 4.76. The molecule has 22 heavy (non-hydrogen) atoms. The second-order valence-corrected chi connectivity index (χ2v) is 5.46. The van der Waals surface area contributed by atoms with Gasteiger partial charge in [0.1, 0.15) is 11.0 Å². The first-order valence-electron chi connectivity index (χ1n) is 7.11. The highest BCUT2D eigenvalue weighted by atomic mass is 35.5. The number of hydrogen-bond acceptors (Lipinski definition) is 5. The highest BCUT2D eigenvalue weighted by Crippen LogP contribution is 2.24. The molecule has 1 saturated heterocycles. The summed E-state index contributed by atoms with van der Waals surface area (Å²) in [7, 11) is 0. The Morgan fingerprint density at radius 3 is 2.82 bits per heavy atom. The molecule has 3 aromatic heterocycles. The van der Waals surface area contributed by atoms with E-state index in [4.69, 9.17) is 16.3 Å². The Morgan fingerprint density at radius 1 is 1.09 bits per heavy atom. The van der Waals surface area contributed by atoms with Crippen molar-refractivity contribution in [2.24, 2.45) is 0 Å². The molecule has 3 aromatic rings. The first-order valence-corrected chi connectivity index (χ1v) is 7.48. The molecule has 1 aliphatic heterocycles. The second-order valence-electron chi connectivity index (χ2n) is 5.07. The standard InChI is InChI=1S/C15H14ClN5O/c16-13-1-2-14-18-10-12(21(14)19-13)11-3-4-17-15(9-11)20-5-7-22-8-6-20/h1-4,9-10H,5-8H2. The highest BCUT2D eigenvalue weighted by molar-refractivity contribution is 6.29. The van der Waals surface area contributed by atoms with E-state index in [1.165, 1.54) is 0 Å². The maximum absolute atomic E-state index is 5.99. The van der Waals surface area contributed by atoms with E-state index >= 15 is 0 Å². The maximum Gasteiger partial charge on any atom is 0.154 e. The van der Waals surface area contributed by atoms with Crippen LogP contribution in [0.4, 0.5) is 5.82 Å². The smallest absolute Gasteiger partial charge is 0.154 e. The summed E-state index contributed by atoms with van der Waals surface area (Å²) < 4.78 is 7.14. The normalized spacial score (nSPS) is 15.4. The number of halogens is 1. The third kappa shape index (κ3) is 2.40. The molecule has 0 amide bonds. The van der Waals surface area contributed by atoms with Gasteiger partial charge in [-0.25, -0.2) is 14.5 Å². The van der Waals surface area contributed by atoms with Gasteiger partial charge in [-0.05, 0) is 24.3 Å². The zero-order chi connectivity index (χ0) is 14.9. The molecule has 0 aromatic carbocycles. The molecular formula is C15H14ClN5O. The molecule has 4 heterocycles. The molecular weight excluding hydrogens is 302 g/mol. The lowest BCUT2D eigenvalue weighted by molar-refractivity contribution is 0.122. The fourth-order valence-electron chi connectivity index (χ4n) is 2.59. The van der Waals surface area contributed by atoms with Crippen molar-refractivity contribution in [3.05, 3.63) is 41.8 Å². The molecule has 112 valence electrons. The molecule has 7 heteroatoms. The number of fused-ring (bicyclic) bond motifs is 1. The first kappa shape index (κ1) is 13.5. The van der Waals surface area contributed by atoms with Gasteiger partial charge in [-0.1, -0.05) is 11.6 Å². The van der Waals surface area contributed by atoms with Crippen LogP contribution in [0, 0.1) is 0 Å². The van der Waals surface area contributed by atoms with Gasteiger partial charge in [0.15, 0.2) is 5.65 Å². The van der Waals surface area contributed by atoms with Crippen LogP contribution in [0.5, 0.6) is 0 Å². The average Bonchev–Trinajstić information content (AvgIpc) is 2.99. The molecule has 0 unspecified atom stereocenters. The van der Waals surface area contributed by atoms with Crippen molar-refractivity contribution in [1.82, 2.24) is 19.6 Å². The summed E-state index contributed by atoms with van der Waals surface area (Å²) in [5.41, 5.74) is 2.68. The van der Waals surface area contributed by atoms with Crippen LogP contribution in [-0.2, 0) is 4.74 Å². The molecule has 0 radical (unpaired) electrons. The Labute approximate surface area is 132 Å². The predicted molar refractivity (Wildman–Crippen MR) is 84.3 cm³/mol. The molecule has 1 fully saturated rings. The van der Waals surface area contributed by atoms with Crippen LogP contribution >= 0.6 is 11.6 Å². The summed E-state index contributed by atoms with van der Waals surface area (Å²) in [5.74, 6) is 0.942. The van der Waals surface area contributed by atoms with Gasteiger partial charge >= 0.3 is 0 Å². The molecule has 0 N–H and O–H groups in total. The van der Waals surface area contributed by atoms with Gasteiger partial charge in [0.2, 0.25) is 0 Å². The number of rotatable bonds is 2. The first-order chi connectivity index (χ1) is 10.8. The van der Waals surface area contributed by atoms with Gasteiger partial charge in [0, 0.05) is 24.8 Å². The van der Waals surface area contributed by atoms with Crippen LogP contribution in [-0.4, -0.2) is 45.9 Å². The Hall–Kier alpha value is -2.18. The van der Waals surface area contributed by atoms with E-state index < -0.39 is 0 Å². The van der Waals surface area contributed by atoms with Crippen molar-refractivity contribution in [3.63, 3.8) is 0 Å². The SMILES string of the molecule is Clc1ccc2ncc(-c3ccnc(N4CCOCC4)c3)n2n1. The molecule has 4 rings (SSSR count). The van der Waals surface area contributed by atoms with Gasteiger partial charge in [-0.15, -0.1) is 0 Å². The molecule has 0 saturated carbocycles. The van der Waals surface area contributed by atoms with Crippen LogP contribution in [0.3, 0.4) is 0 Å². The zero-order valence-electron chi connectivity index (χ0n) is 11.8. The molecule has 1 aliphatic rings. The lowest BCUT2D eigenvalue weighted by Gasteiger charge is -2.27. The van der Waals surface area contributed by atoms with Crippen LogP contribution in [0.2, 0.25) is 5.15 Å². The van der Waals surface area contributed by atoms with Crippen molar-refractivity contribution in [3.8, 4) is 11.3 Å². The summed E-state index contributed by atoms with van der Waals surface area (Å²) in [4.78, 5) is 11.0. The summed E-state index contributed by atoms with van der Waals surface area (Å²) in [6.07, 6.45) is 3.61. The van der Waals surface area contributed by atoms with Crippen LogP contribution in [0.15, 0.2) is 36.7 Å². The minimum Gasteiger partial charge on any atom is -0.378 e. The predicted octanol–water partition coefficient (Wildman–Crippen LogP) is 2.28. The van der Waals surface area contributed by atoms with E-state index in [9.17, 15) is 0 Å². The molecule has 0 bridgehead atoms. The Balaban J connectivity index is 1.76. The monoisotopic (exact) mass is 315 g/mol. The highest BCUT2D eigenvalue weighted by Gasteiger charge is 2.14. The summed E-state index contributed by atoms with van der Waals surface area (Å²) in [6.45, 7) is 3.18. The van der Waals surface area contributed by atoms with Gasteiger partial charge in [-0.2, -0.15) is 5.10 Å². The second kappa shape index (κ2) is 5.55. The van der Waals surface area contributed by atoms with E-state index in [2.05, 4.69) is 26.0 Å². The van der Waals surface area contributed by atoms with E-state index in [0.29, 0.717) is 5.15 Å². The lowest BCUT2D eigenvalue weighted by Crippen LogP contribution is -2.36. The number of imidazole rings is 1. The van der Waals surface area contributed by atoms with Gasteiger partial charge in [0.05, 0.1) is 25.1 Å². The van der Waals surface area contributed by atoms with Gasteiger partial charge in [0.25, 0.3) is 0 Å². The molecule has 0 atom stereocenters. The van der Waals surface area contributed by atoms with Crippen LogP contribution in [0.25, 0.3) is 16.9 Å². The van der Waals surface area contributed by atoms with Crippen molar-refractivity contribution in [2.75, 3.05) is 31.2 Å². The van der Waals surface area contributed by atoms with Crippen molar-refractivity contribution >= 4 is 23.1 Å². The number of nitrogens with zero attached hydrogens (tertiary/aromatic N) is 5. The van der Waals surface area contributed by atoms with E-state index in [1.54, 1.807) is 16.8 Å². The number of morpholine rings is 1. The molecule has 0 spiro atoms. The Bertz CT molecular complexity index is 813. The zero-order valence-corrected chi connectivity index (χ0v) is 12.6. The Kier molecular flexibility index (Phi) is 3.40. The summed E-state index contributed by atoms with van der Waals surface area (Å²) >= 11 is 5.99. The van der Waals surface area contributed by atoms with Crippen molar-refractivity contribution in [2.45, 2.75) is 0 Å². The quantitative estimate of drug-likeness (QED) is 0.726. The topological polar surface area (TPSA) is 55.5 Å². The number of anilines is 1. The third-order valence-electron chi connectivity index (χ3n) is 3.71. The van der Waals surface area contributed by atoms with Crippen molar-refractivity contribution < 1.29 is 4.74 Å². The van der Waals surface area contributed by atoms with E-state index in [1.807, 2.05) is 18.3 Å². The number of ether oxygens (including phenoxy) is 1. The maximum atomic E-state index is 5.99. The number of pyridine rings is 1. The molecule has 0 aliphatic carbocycles. The van der Waals surface area contributed by atoms with Crippen molar-refractivity contribution in [1.29, 1.82) is 0 Å².